The lowest BCUT2D eigenvalue weighted by Crippen LogP contribution is -2.51. The van der Waals surface area contributed by atoms with Crippen LogP contribution in [0.4, 0.5) is 0 Å². The minimum atomic E-state index is -2.10. The molecule has 7 atom stereocenters. The van der Waals surface area contributed by atoms with Crippen LogP contribution in [-0.2, 0) is 4.57 Å². The maximum atomic E-state index is 11.5. The van der Waals surface area contributed by atoms with E-state index in [1.54, 1.807) is 0 Å². The smallest absolute Gasteiger partial charge is 0.156 e. The van der Waals surface area contributed by atoms with Crippen molar-refractivity contribution in [3.63, 3.8) is 0 Å². The predicted octanol–water partition coefficient (Wildman–Crippen LogP) is 5.65. The molecule has 0 bridgehead atoms. The first-order valence-corrected chi connectivity index (χ1v) is 10.5. The molecule has 3 heteroatoms. The Balaban J connectivity index is 1.63. The largest absolute Gasteiger partial charge is 0.541 e. The van der Waals surface area contributed by atoms with E-state index in [9.17, 15) is 9.46 Å². The molecule has 3 saturated carbocycles. The van der Waals surface area contributed by atoms with Crippen LogP contribution in [0.5, 0.6) is 0 Å². The minimum Gasteiger partial charge on any atom is -0.156 e. The SMILES string of the molecule is C[C@@]12CCC[C@H]1[C@@H]1CCC3CC([P+](=O)O)=CC[C@]3(C)[C@@H]1CC2. The normalized spacial score (nSPS) is 51.4. The second-order valence-electron chi connectivity index (χ2n) is 9.12. The summed E-state index contributed by atoms with van der Waals surface area (Å²) in [6, 6.07) is 0. The Morgan fingerprint density at radius 3 is 2.73 bits per heavy atom. The van der Waals surface area contributed by atoms with E-state index in [4.69, 9.17) is 0 Å². The molecule has 0 aromatic carbocycles. The van der Waals surface area contributed by atoms with E-state index >= 15 is 0 Å². The third kappa shape index (κ3) is 2.09. The molecule has 1 N–H and O–H groups in total. The average Bonchev–Trinajstić information content (AvgIpc) is 2.88. The third-order valence-corrected chi connectivity index (χ3v) is 9.18. The fraction of sp³-hybridized carbons (Fsp3) is 0.895. The Bertz CT molecular complexity index is 528. The van der Waals surface area contributed by atoms with E-state index in [0.29, 0.717) is 16.7 Å². The molecule has 2 nitrogen and oxygen atoms in total. The molecule has 0 spiro atoms. The fourth-order valence-corrected chi connectivity index (χ4v) is 7.63. The molecule has 3 fully saturated rings. The number of hydrogen-bond donors (Lipinski definition) is 1. The molecule has 0 amide bonds. The lowest BCUT2D eigenvalue weighted by Gasteiger charge is -2.59. The van der Waals surface area contributed by atoms with Gasteiger partial charge in [0.2, 0.25) is 0 Å². The standard InChI is InChI=1S/C19H29O2P/c1-18-9-3-4-16(18)15-6-5-13-12-14(22(20)21)7-11-19(13,2)17(15)8-10-18/h7,13,15-17H,3-6,8-12H2,1-2H3/p+1/t13?,15-,16-,17+,18-,19-/m0/s1. The van der Waals surface area contributed by atoms with Gasteiger partial charge in [0.15, 0.2) is 5.31 Å². The Morgan fingerprint density at radius 1 is 1.14 bits per heavy atom. The fourth-order valence-electron chi connectivity index (χ4n) is 7.01. The van der Waals surface area contributed by atoms with E-state index in [1.807, 2.05) is 0 Å². The van der Waals surface area contributed by atoms with E-state index in [2.05, 4.69) is 19.9 Å². The topological polar surface area (TPSA) is 37.3 Å². The summed E-state index contributed by atoms with van der Waals surface area (Å²) in [7, 11) is -2.10. The summed E-state index contributed by atoms with van der Waals surface area (Å²) >= 11 is 0. The zero-order chi connectivity index (χ0) is 15.5. The van der Waals surface area contributed by atoms with E-state index in [0.717, 1.165) is 35.9 Å². The lowest BCUT2D eigenvalue weighted by molar-refractivity contribution is -0.0875. The van der Waals surface area contributed by atoms with Gasteiger partial charge in [-0.25, -0.2) is 0 Å². The van der Waals surface area contributed by atoms with Gasteiger partial charge in [0, 0.05) is 6.42 Å². The summed E-state index contributed by atoms with van der Waals surface area (Å²) in [5, 5.41) is 0.831. The number of fused-ring (bicyclic) bond motifs is 5. The molecule has 0 saturated heterocycles. The molecule has 4 rings (SSSR count). The van der Waals surface area contributed by atoms with Crippen molar-refractivity contribution in [2.75, 3.05) is 0 Å². The van der Waals surface area contributed by atoms with Crippen molar-refractivity contribution in [1.29, 1.82) is 0 Å². The van der Waals surface area contributed by atoms with Crippen LogP contribution in [0.25, 0.3) is 0 Å². The van der Waals surface area contributed by atoms with Crippen LogP contribution >= 0.6 is 8.03 Å². The minimum absolute atomic E-state index is 0.391. The maximum Gasteiger partial charge on any atom is 0.541 e. The van der Waals surface area contributed by atoms with Crippen LogP contribution in [0.3, 0.4) is 0 Å². The highest BCUT2D eigenvalue weighted by molar-refractivity contribution is 7.43. The summed E-state index contributed by atoms with van der Waals surface area (Å²) in [6.45, 7) is 5.06. The van der Waals surface area contributed by atoms with Gasteiger partial charge in [0.25, 0.3) is 0 Å². The van der Waals surface area contributed by atoms with Crippen molar-refractivity contribution in [3.8, 4) is 0 Å². The molecular formula is C19H30O2P+. The number of hydrogen-bond acceptors (Lipinski definition) is 1. The first-order chi connectivity index (χ1) is 10.4. The maximum absolute atomic E-state index is 11.5. The Labute approximate surface area is 135 Å². The Morgan fingerprint density at radius 2 is 1.95 bits per heavy atom. The van der Waals surface area contributed by atoms with Crippen LogP contribution < -0.4 is 0 Å². The zero-order valence-electron chi connectivity index (χ0n) is 14.1. The van der Waals surface area contributed by atoms with E-state index in [1.165, 1.54) is 44.9 Å². The van der Waals surface area contributed by atoms with E-state index in [-0.39, 0.29) is 0 Å². The Hall–Kier alpha value is -0.200. The third-order valence-electron chi connectivity index (χ3n) is 8.33. The molecule has 22 heavy (non-hydrogen) atoms. The van der Waals surface area contributed by atoms with Gasteiger partial charge in [-0.15, -0.1) is 0 Å². The second-order valence-corrected chi connectivity index (χ2v) is 10.2. The van der Waals surface area contributed by atoms with Crippen molar-refractivity contribution in [2.45, 2.75) is 71.6 Å². The summed E-state index contributed by atoms with van der Waals surface area (Å²) in [5.74, 6) is 3.40. The van der Waals surface area contributed by atoms with Crippen molar-refractivity contribution in [1.82, 2.24) is 0 Å². The van der Waals surface area contributed by atoms with Crippen LogP contribution in [0.15, 0.2) is 11.4 Å². The molecule has 0 aromatic rings. The highest BCUT2D eigenvalue weighted by Crippen LogP contribution is 2.66. The quantitative estimate of drug-likeness (QED) is 0.634. The van der Waals surface area contributed by atoms with Gasteiger partial charge in [0.1, 0.15) is 0 Å². The van der Waals surface area contributed by atoms with Gasteiger partial charge in [-0.3, -0.25) is 0 Å². The molecule has 122 valence electrons. The Kier molecular flexibility index (Phi) is 3.59. The van der Waals surface area contributed by atoms with Gasteiger partial charge >= 0.3 is 8.03 Å². The average molecular weight is 321 g/mol. The second kappa shape index (κ2) is 5.15. The van der Waals surface area contributed by atoms with Crippen LogP contribution in [0, 0.1) is 34.5 Å². The van der Waals surface area contributed by atoms with Gasteiger partial charge in [-0.1, -0.05) is 20.3 Å². The summed E-state index contributed by atoms with van der Waals surface area (Å²) < 4.78 is 11.5. The molecule has 0 aromatic heterocycles. The van der Waals surface area contributed by atoms with Gasteiger partial charge in [-0.2, -0.15) is 4.89 Å². The first kappa shape index (κ1) is 15.3. The molecule has 0 aliphatic heterocycles. The van der Waals surface area contributed by atoms with Crippen molar-refractivity contribution < 1.29 is 9.46 Å². The number of rotatable bonds is 1. The predicted molar refractivity (Wildman–Crippen MR) is 89.6 cm³/mol. The monoisotopic (exact) mass is 321 g/mol. The highest BCUT2D eigenvalue weighted by Gasteiger charge is 2.57. The lowest BCUT2D eigenvalue weighted by atomic mass is 9.46. The summed E-state index contributed by atoms with van der Waals surface area (Å²) in [5.41, 5.74) is 1.02. The molecule has 4 aliphatic carbocycles. The first-order valence-electron chi connectivity index (χ1n) is 9.29. The van der Waals surface area contributed by atoms with Crippen molar-refractivity contribution >= 4 is 8.03 Å². The highest BCUT2D eigenvalue weighted by atomic mass is 31.1. The van der Waals surface area contributed by atoms with Crippen LogP contribution in [0.2, 0.25) is 0 Å². The molecule has 4 aliphatic rings. The molecule has 0 heterocycles. The van der Waals surface area contributed by atoms with Gasteiger partial charge < -0.3 is 0 Å². The number of allylic oxidation sites excluding steroid dienone is 2. The summed E-state index contributed by atoms with van der Waals surface area (Å²) in [6.07, 6.45) is 13.9. The molecule has 0 radical (unpaired) electrons. The van der Waals surface area contributed by atoms with Crippen LogP contribution in [0.1, 0.15) is 71.6 Å². The molecular weight excluding hydrogens is 291 g/mol. The van der Waals surface area contributed by atoms with E-state index < -0.39 is 8.03 Å². The molecule has 2 unspecified atom stereocenters. The summed E-state index contributed by atoms with van der Waals surface area (Å²) in [4.78, 5) is 9.48. The van der Waals surface area contributed by atoms with Crippen LogP contribution in [-0.4, -0.2) is 4.89 Å². The van der Waals surface area contributed by atoms with Gasteiger partial charge in [0.05, 0.1) is 0 Å². The zero-order valence-corrected chi connectivity index (χ0v) is 14.9. The van der Waals surface area contributed by atoms with Gasteiger partial charge in [-0.05, 0) is 90.1 Å². The van der Waals surface area contributed by atoms with Crippen molar-refractivity contribution in [3.05, 3.63) is 11.4 Å². The van der Waals surface area contributed by atoms with Crippen molar-refractivity contribution in [2.24, 2.45) is 34.5 Å².